The Hall–Kier alpha value is -2.98. The minimum Gasteiger partial charge on any atom is -0.537 e. The van der Waals surface area contributed by atoms with Gasteiger partial charge in [0.1, 0.15) is 16.9 Å². The summed E-state index contributed by atoms with van der Waals surface area (Å²) in [6, 6.07) is 22.2. The van der Waals surface area contributed by atoms with Gasteiger partial charge in [0.2, 0.25) is 0 Å². The van der Waals surface area contributed by atoms with Gasteiger partial charge in [-0.25, -0.2) is 0 Å². The van der Waals surface area contributed by atoms with Gasteiger partial charge >= 0.3 is 7.69 Å². The predicted octanol–water partition coefficient (Wildman–Crippen LogP) is 4.80. The fourth-order valence-corrected chi connectivity index (χ4v) is 3.45. The van der Waals surface area contributed by atoms with Gasteiger partial charge in [0.05, 0.1) is 0 Å². The molecule has 0 saturated carbocycles. The Bertz CT molecular complexity index is 1220. The second-order valence-electron chi connectivity index (χ2n) is 5.79. The molecule has 4 heteroatoms. The maximum absolute atomic E-state index is 9.09. The topological polar surface area (TPSA) is 42.6 Å². The van der Waals surface area contributed by atoms with Crippen molar-refractivity contribution >= 4 is 51.2 Å². The summed E-state index contributed by atoms with van der Waals surface area (Å²) in [6.07, 6.45) is 0. The Kier molecular flexibility index (Phi) is 2.81. The monoisotopic (exact) mass is 311 g/mol. The van der Waals surface area contributed by atoms with E-state index in [4.69, 9.17) is 14.1 Å². The number of benzene rings is 4. The molecule has 1 aromatic heterocycles. The van der Waals surface area contributed by atoms with E-state index in [2.05, 4.69) is 24.3 Å². The lowest BCUT2D eigenvalue weighted by Gasteiger charge is -2.07. The van der Waals surface area contributed by atoms with Crippen LogP contribution in [0.15, 0.2) is 71.1 Å². The van der Waals surface area contributed by atoms with E-state index in [-0.39, 0.29) is 0 Å². The SMILES string of the molecule is O[B]Oc1cc2c3ccc4ccccc4c3oc2c2ccccc12. The van der Waals surface area contributed by atoms with Crippen LogP contribution < -0.4 is 4.65 Å². The van der Waals surface area contributed by atoms with E-state index in [1.54, 1.807) is 0 Å². The molecular formula is C20H12BO3. The molecule has 0 aliphatic heterocycles. The molecule has 24 heavy (non-hydrogen) atoms. The molecule has 0 saturated heterocycles. The van der Waals surface area contributed by atoms with Crippen molar-refractivity contribution in [3.8, 4) is 5.75 Å². The van der Waals surface area contributed by atoms with Crippen molar-refractivity contribution in [1.82, 2.24) is 0 Å². The average molecular weight is 311 g/mol. The summed E-state index contributed by atoms with van der Waals surface area (Å²) in [5, 5.41) is 15.2. The zero-order chi connectivity index (χ0) is 16.1. The van der Waals surface area contributed by atoms with Gasteiger partial charge in [-0.05, 0) is 17.5 Å². The molecule has 0 atom stereocenters. The first-order valence-corrected chi connectivity index (χ1v) is 7.75. The first-order chi connectivity index (χ1) is 11.9. The van der Waals surface area contributed by atoms with Crippen LogP contribution in [0, 0.1) is 0 Å². The maximum atomic E-state index is 9.09. The van der Waals surface area contributed by atoms with Crippen molar-refractivity contribution in [3.05, 3.63) is 66.7 Å². The molecule has 1 heterocycles. The number of furan rings is 1. The molecule has 3 nitrogen and oxygen atoms in total. The third-order valence-electron chi connectivity index (χ3n) is 4.51. The van der Waals surface area contributed by atoms with Crippen molar-refractivity contribution in [1.29, 1.82) is 0 Å². The van der Waals surface area contributed by atoms with Crippen molar-refractivity contribution in [2.24, 2.45) is 0 Å². The molecule has 0 aliphatic rings. The van der Waals surface area contributed by atoms with E-state index in [1.807, 2.05) is 42.5 Å². The molecule has 0 unspecified atom stereocenters. The fourth-order valence-electron chi connectivity index (χ4n) is 3.45. The van der Waals surface area contributed by atoms with E-state index in [9.17, 15) is 0 Å². The van der Waals surface area contributed by atoms with E-state index < -0.39 is 0 Å². The van der Waals surface area contributed by atoms with Crippen LogP contribution in [0.2, 0.25) is 0 Å². The molecule has 1 N–H and O–H groups in total. The van der Waals surface area contributed by atoms with Gasteiger partial charge in [-0.3, -0.25) is 0 Å². The summed E-state index contributed by atoms with van der Waals surface area (Å²) < 4.78 is 11.6. The molecule has 5 aromatic rings. The summed E-state index contributed by atoms with van der Waals surface area (Å²) >= 11 is 0. The zero-order valence-electron chi connectivity index (χ0n) is 12.7. The summed E-state index contributed by atoms with van der Waals surface area (Å²) in [5.74, 6) is 0.608. The molecular weight excluding hydrogens is 299 g/mol. The minimum atomic E-state index is 0.608. The highest BCUT2D eigenvalue weighted by Crippen LogP contribution is 2.40. The van der Waals surface area contributed by atoms with E-state index >= 15 is 0 Å². The molecule has 0 spiro atoms. The van der Waals surface area contributed by atoms with Crippen molar-refractivity contribution < 1.29 is 14.1 Å². The number of hydrogen-bond acceptors (Lipinski definition) is 3. The lowest BCUT2D eigenvalue weighted by atomic mass is 10.0. The number of rotatable bonds is 2. The van der Waals surface area contributed by atoms with Crippen LogP contribution in [0.1, 0.15) is 0 Å². The first-order valence-electron chi connectivity index (χ1n) is 7.75. The highest BCUT2D eigenvalue weighted by atomic mass is 16.5. The summed E-state index contributed by atoms with van der Waals surface area (Å²) in [7, 11) is 0.714. The summed E-state index contributed by atoms with van der Waals surface area (Å²) in [4.78, 5) is 0. The molecule has 1 radical (unpaired) electrons. The number of hydrogen-bond donors (Lipinski definition) is 1. The average Bonchev–Trinajstić information content (AvgIpc) is 3.01. The van der Waals surface area contributed by atoms with Crippen LogP contribution in [-0.2, 0) is 0 Å². The molecule has 0 bridgehead atoms. The lowest BCUT2D eigenvalue weighted by Crippen LogP contribution is -2.00. The molecule has 0 aliphatic carbocycles. The van der Waals surface area contributed by atoms with Crippen LogP contribution in [0.25, 0.3) is 43.5 Å². The van der Waals surface area contributed by atoms with Gasteiger partial charge in [0.25, 0.3) is 0 Å². The Labute approximate surface area is 138 Å². The van der Waals surface area contributed by atoms with Crippen molar-refractivity contribution in [2.45, 2.75) is 0 Å². The van der Waals surface area contributed by atoms with Gasteiger partial charge in [-0.1, -0.05) is 54.6 Å². The van der Waals surface area contributed by atoms with Crippen LogP contribution >= 0.6 is 0 Å². The van der Waals surface area contributed by atoms with E-state index in [1.165, 1.54) is 0 Å². The first kappa shape index (κ1) is 13.5. The Balaban J connectivity index is 2.02. The molecule has 5 rings (SSSR count). The van der Waals surface area contributed by atoms with Crippen LogP contribution in [-0.4, -0.2) is 12.7 Å². The highest BCUT2D eigenvalue weighted by Gasteiger charge is 2.15. The zero-order valence-corrected chi connectivity index (χ0v) is 12.7. The Morgan fingerprint density at radius 3 is 2.21 bits per heavy atom. The van der Waals surface area contributed by atoms with Gasteiger partial charge in [0.15, 0.2) is 0 Å². The minimum absolute atomic E-state index is 0.608. The molecule has 0 fully saturated rings. The van der Waals surface area contributed by atoms with Gasteiger partial charge in [0, 0.05) is 26.9 Å². The van der Waals surface area contributed by atoms with Gasteiger partial charge in [-0.15, -0.1) is 0 Å². The fraction of sp³-hybridized carbons (Fsp3) is 0. The van der Waals surface area contributed by atoms with E-state index in [0.29, 0.717) is 13.4 Å². The second kappa shape index (κ2) is 5.01. The van der Waals surface area contributed by atoms with Gasteiger partial charge < -0.3 is 14.1 Å². The van der Waals surface area contributed by atoms with Crippen molar-refractivity contribution in [2.75, 3.05) is 0 Å². The Morgan fingerprint density at radius 2 is 1.38 bits per heavy atom. The van der Waals surface area contributed by atoms with Crippen LogP contribution in [0.5, 0.6) is 5.75 Å². The number of fused-ring (bicyclic) bond motifs is 7. The third-order valence-corrected chi connectivity index (χ3v) is 4.51. The predicted molar refractivity (Wildman–Crippen MR) is 97.3 cm³/mol. The van der Waals surface area contributed by atoms with Crippen LogP contribution in [0.4, 0.5) is 0 Å². The standard InChI is InChI=1S/C20H12BO3/c22-21-24-18-11-17-16-10-9-12-5-1-2-6-13(12)19(16)23-20(17)15-8-4-3-7-14(15)18/h1-11,22H. The highest BCUT2D eigenvalue weighted by molar-refractivity contribution is 6.23. The largest absolute Gasteiger partial charge is 0.569 e. The lowest BCUT2D eigenvalue weighted by molar-refractivity contribution is 0.457. The molecule has 4 aromatic carbocycles. The maximum Gasteiger partial charge on any atom is 0.569 e. The van der Waals surface area contributed by atoms with E-state index in [0.717, 1.165) is 43.5 Å². The quantitative estimate of drug-likeness (QED) is 0.476. The Morgan fingerprint density at radius 1 is 0.708 bits per heavy atom. The smallest absolute Gasteiger partial charge is 0.537 e. The van der Waals surface area contributed by atoms with Crippen molar-refractivity contribution in [3.63, 3.8) is 0 Å². The molecule has 113 valence electrons. The molecule has 0 amide bonds. The van der Waals surface area contributed by atoms with Gasteiger partial charge in [-0.2, -0.15) is 0 Å². The summed E-state index contributed by atoms with van der Waals surface area (Å²) in [5.41, 5.74) is 1.71. The third kappa shape index (κ3) is 1.77. The normalized spacial score (nSPS) is 11.5. The van der Waals surface area contributed by atoms with Crippen LogP contribution in [0.3, 0.4) is 0 Å². The second-order valence-corrected chi connectivity index (χ2v) is 5.79. The summed E-state index contributed by atoms with van der Waals surface area (Å²) in [6.45, 7) is 0.